The van der Waals surface area contributed by atoms with Crippen LogP contribution < -0.4 is 10.1 Å². The maximum Gasteiger partial charge on any atom is 0.255 e. The number of carbonyl (C=O) groups excluding carboxylic acids is 1. The lowest BCUT2D eigenvalue weighted by Crippen LogP contribution is -2.36. The first-order valence-electron chi connectivity index (χ1n) is 9.41. The van der Waals surface area contributed by atoms with Gasteiger partial charge in [0.05, 0.1) is 7.11 Å². The van der Waals surface area contributed by atoms with E-state index in [2.05, 4.69) is 23.3 Å². The SMILES string of the molecule is COc1ccc(C(=O)Nc2ccccc2CCC2CCCCN2C)cc1.Cl. The van der Waals surface area contributed by atoms with Gasteiger partial charge in [-0.2, -0.15) is 0 Å². The van der Waals surface area contributed by atoms with E-state index in [-0.39, 0.29) is 18.3 Å². The van der Waals surface area contributed by atoms with Gasteiger partial charge in [-0.1, -0.05) is 24.6 Å². The molecule has 1 aliphatic heterocycles. The van der Waals surface area contributed by atoms with Crippen LogP contribution in [-0.4, -0.2) is 37.6 Å². The number of hydrogen-bond donors (Lipinski definition) is 1. The number of methoxy groups -OCH3 is 1. The summed E-state index contributed by atoms with van der Waals surface area (Å²) in [7, 11) is 3.84. The highest BCUT2D eigenvalue weighted by Crippen LogP contribution is 2.23. The molecule has 1 aliphatic rings. The standard InChI is InChI=1S/C22H28N2O2.ClH/c1-24-16-6-5-8-19(24)13-10-17-7-3-4-9-21(17)23-22(25)18-11-14-20(26-2)15-12-18;/h3-4,7,9,11-12,14-15,19H,5-6,8,10,13,16H2,1-2H3,(H,23,25);1H. The van der Waals surface area contributed by atoms with Gasteiger partial charge < -0.3 is 15.0 Å². The van der Waals surface area contributed by atoms with Gasteiger partial charge in [0.15, 0.2) is 0 Å². The van der Waals surface area contributed by atoms with Crippen LogP contribution in [0.15, 0.2) is 48.5 Å². The molecule has 2 aromatic rings. The number of nitrogens with zero attached hydrogens (tertiary/aromatic N) is 1. The summed E-state index contributed by atoms with van der Waals surface area (Å²) < 4.78 is 5.15. The summed E-state index contributed by atoms with van der Waals surface area (Å²) in [5, 5.41) is 3.07. The fourth-order valence-corrected chi connectivity index (χ4v) is 3.63. The van der Waals surface area contributed by atoms with E-state index < -0.39 is 0 Å². The lowest BCUT2D eigenvalue weighted by Gasteiger charge is -2.32. The molecule has 1 saturated heterocycles. The zero-order valence-corrected chi connectivity index (χ0v) is 16.9. The number of ether oxygens (including phenoxy) is 1. The number of hydrogen-bond acceptors (Lipinski definition) is 3. The number of rotatable bonds is 6. The van der Waals surface area contributed by atoms with Gasteiger partial charge in [0, 0.05) is 17.3 Å². The number of para-hydroxylation sites is 1. The number of piperidine rings is 1. The fourth-order valence-electron chi connectivity index (χ4n) is 3.63. The van der Waals surface area contributed by atoms with E-state index in [4.69, 9.17) is 4.74 Å². The number of anilines is 1. The van der Waals surface area contributed by atoms with Crippen LogP contribution in [0.25, 0.3) is 0 Å². The van der Waals surface area contributed by atoms with Crippen molar-refractivity contribution in [3.05, 3.63) is 59.7 Å². The molecule has 146 valence electrons. The minimum atomic E-state index is -0.0881. The van der Waals surface area contributed by atoms with Crippen LogP contribution in [0.2, 0.25) is 0 Å². The molecule has 27 heavy (non-hydrogen) atoms. The molecule has 0 aromatic heterocycles. The summed E-state index contributed by atoms with van der Waals surface area (Å²) in [5.74, 6) is 0.661. The first kappa shape index (κ1) is 21.3. The van der Waals surface area contributed by atoms with Gasteiger partial charge in [-0.25, -0.2) is 0 Å². The molecule has 5 heteroatoms. The smallest absolute Gasteiger partial charge is 0.255 e. The molecule has 0 aliphatic carbocycles. The number of benzene rings is 2. The molecule has 0 bridgehead atoms. The molecule has 1 N–H and O–H groups in total. The van der Waals surface area contributed by atoms with Gasteiger partial charge in [-0.3, -0.25) is 4.79 Å². The Morgan fingerprint density at radius 2 is 1.89 bits per heavy atom. The van der Waals surface area contributed by atoms with E-state index in [1.807, 2.05) is 18.2 Å². The third kappa shape index (κ3) is 5.72. The van der Waals surface area contributed by atoms with Crippen molar-refractivity contribution >= 4 is 24.0 Å². The summed E-state index contributed by atoms with van der Waals surface area (Å²) in [6.45, 7) is 1.19. The Balaban J connectivity index is 0.00000261. The van der Waals surface area contributed by atoms with Crippen LogP contribution in [0.1, 0.15) is 41.6 Å². The highest BCUT2D eigenvalue weighted by Gasteiger charge is 2.19. The average molecular weight is 389 g/mol. The predicted octanol–water partition coefficient (Wildman–Crippen LogP) is 4.79. The topological polar surface area (TPSA) is 41.6 Å². The highest BCUT2D eigenvalue weighted by atomic mass is 35.5. The van der Waals surface area contributed by atoms with Crippen LogP contribution in [0, 0.1) is 0 Å². The quantitative estimate of drug-likeness (QED) is 0.773. The summed E-state index contributed by atoms with van der Waals surface area (Å²) in [6.07, 6.45) is 6.02. The molecule has 2 aromatic carbocycles. The van der Waals surface area contributed by atoms with E-state index in [1.165, 1.54) is 31.4 Å². The zero-order chi connectivity index (χ0) is 18.4. The summed E-state index contributed by atoms with van der Waals surface area (Å²) in [6, 6.07) is 16.0. The van der Waals surface area contributed by atoms with Gasteiger partial charge in [-0.05, 0) is 75.2 Å². The molecule has 1 heterocycles. The minimum absolute atomic E-state index is 0. The predicted molar refractivity (Wildman–Crippen MR) is 113 cm³/mol. The van der Waals surface area contributed by atoms with Crippen LogP contribution in [0.5, 0.6) is 5.75 Å². The monoisotopic (exact) mass is 388 g/mol. The third-order valence-corrected chi connectivity index (χ3v) is 5.29. The summed E-state index contributed by atoms with van der Waals surface area (Å²) >= 11 is 0. The number of nitrogens with one attached hydrogen (secondary N) is 1. The Hall–Kier alpha value is -2.04. The third-order valence-electron chi connectivity index (χ3n) is 5.29. The van der Waals surface area contributed by atoms with Crippen LogP contribution in [-0.2, 0) is 6.42 Å². The van der Waals surface area contributed by atoms with E-state index in [0.29, 0.717) is 11.6 Å². The first-order chi connectivity index (χ1) is 12.7. The lowest BCUT2D eigenvalue weighted by molar-refractivity contribution is 0.102. The molecule has 3 rings (SSSR count). The second-order valence-electron chi connectivity index (χ2n) is 7.01. The molecule has 1 fully saturated rings. The van der Waals surface area contributed by atoms with Crippen molar-refractivity contribution in [1.29, 1.82) is 0 Å². The normalized spacial score (nSPS) is 17.0. The first-order valence-corrected chi connectivity index (χ1v) is 9.41. The number of aryl methyl sites for hydroxylation is 1. The minimum Gasteiger partial charge on any atom is -0.497 e. The van der Waals surface area contributed by atoms with Crippen molar-refractivity contribution in [3.63, 3.8) is 0 Å². The number of carbonyl (C=O) groups is 1. The number of amides is 1. The van der Waals surface area contributed by atoms with Crippen molar-refractivity contribution in [1.82, 2.24) is 4.90 Å². The molecule has 0 radical (unpaired) electrons. The van der Waals surface area contributed by atoms with Gasteiger partial charge in [-0.15, -0.1) is 12.4 Å². The zero-order valence-electron chi connectivity index (χ0n) is 16.1. The molecule has 0 spiro atoms. The van der Waals surface area contributed by atoms with Crippen molar-refractivity contribution in [3.8, 4) is 5.75 Å². The Labute approximate surface area is 168 Å². The van der Waals surface area contributed by atoms with E-state index in [1.54, 1.807) is 31.4 Å². The Morgan fingerprint density at radius 3 is 2.59 bits per heavy atom. The molecular formula is C22H29ClN2O2. The Bertz CT molecular complexity index is 733. The van der Waals surface area contributed by atoms with Crippen molar-refractivity contribution in [2.75, 3.05) is 26.0 Å². The van der Waals surface area contributed by atoms with Gasteiger partial charge in [0.1, 0.15) is 5.75 Å². The molecular weight excluding hydrogens is 360 g/mol. The van der Waals surface area contributed by atoms with Crippen molar-refractivity contribution < 1.29 is 9.53 Å². The molecule has 0 saturated carbocycles. The lowest BCUT2D eigenvalue weighted by atomic mass is 9.96. The molecule has 1 atom stereocenters. The Morgan fingerprint density at radius 1 is 1.15 bits per heavy atom. The Kier molecular flexibility index (Phi) is 8.14. The molecule has 1 unspecified atom stereocenters. The number of halogens is 1. The van der Waals surface area contributed by atoms with Gasteiger partial charge >= 0.3 is 0 Å². The maximum atomic E-state index is 12.6. The van der Waals surface area contributed by atoms with E-state index in [9.17, 15) is 4.79 Å². The van der Waals surface area contributed by atoms with E-state index >= 15 is 0 Å². The summed E-state index contributed by atoms with van der Waals surface area (Å²) in [5.41, 5.74) is 2.74. The highest BCUT2D eigenvalue weighted by molar-refractivity contribution is 6.04. The molecule has 4 nitrogen and oxygen atoms in total. The number of likely N-dealkylation sites (tertiary alicyclic amines) is 1. The summed E-state index contributed by atoms with van der Waals surface area (Å²) in [4.78, 5) is 15.0. The fraction of sp³-hybridized carbons (Fsp3) is 0.409. The van der Waals surface area contributed by atoms with Crippen molar-refractivity contribution in [2.24, 2.45) is 0 Å². The largest absolute Gasteiger partial charge is 0.497 e. The van der Waals surface area contributed by atoms with Crippen LogP contribution in [0.3, 0.4) is 0 Å². The van der Waals surface area contributed by atoms with Crippen molar-refractivity contribution in [2.45, 2.75) is 38.1 Å². The van der Waals surface area contributed by atoms with Crippen LogP contribution >= 0.6 is 12.4 Å². The van der Waals surface area contributed by atoms with Crippen LogP contribution in [0.4, 0.5) is 5.69 Å². The van der Waals surface area contributed by atoms with Gasteiger partial charge in [0.2, 0.25) is 0 Å². The second-order valence-corrected chi connectivity index (χ2v) is 7.01. The van der Waals surface area contributed by atoms with E-state index in [0.717, 1.165) is 24.3 Å². The average Bonchev–Trinajstić information content (AvgIpc) is 2.68. The van der Waals surface area contributed by atoms with Gasteiger partial charge in [0.25, 0.3) is 5.91 Å². The molecule has 1 amide bonds. The second kappa shape index (κ2) is 10.3. The maximum absolute atomic E-state index is 12.6.